The summed E-state index contributed by atoms with van der Waals surface area (Å²) in [7, 11) is 0. The number of hydrogen-bond donors (Lipinski definition) is 0. The van der Waals surface area contributed by atoms with Crippen LogP contribution in [-0.4, -0.2) is 4.98 Å². The number of benzene rings is 3. The predicted octanol–water partition coefficient (Wildman–Crippen LogP) is 7.21. The Labute approximate surface area is 161 Å². The molecule has 0 fully saturated rings. The summed E-state index contributed by atoms with van der Waals surface area (Å²) >= 11 is 0. The summed E-state index contributed by atoms with van der Waals surface area (Å²) in [6.45, 7) is 4.50. The maximum atomic E-state index is 5.12. The van der Waals surface area contributed by atoms with Crippen LogP contribution in [0.15, 0.2) is 97.1 Å². The fraction of sp³-hybridized carbons (Fsp3) is 0.115. The molecule has 27 heavy (non-hydrogen) atoms. The summed E-state index contributed by atoms with van der Waals surface area (Å²) in [5.74, 6) is 0.368. The molecule has 0 aliphatic rings. The smallest absolute Gasteiger partial charge is 0.0750 e. The zero-order chi connectivity index (χ0) is 18.6. The standard InChI is InChI=1S/C26H23N/c1-19(2)25-23(20-12-6-3-7-13-20)18-24(21-14-8-4-9-15-21)27-26(25)22-16-10-5-11-17-22/h3-19H,1-2H3. The lowest BCUT2D eigenvalue weighted by Gasteiger charge is -2.20. The van der Waals surface area contributed by atoms with Gasteiger partial charge in [0.1, 0.15) is 0 Å². The van der Waals surface area contributed by atoms with Crippen molar-refractivity contribution in [3.63, 3.8) is 0 Å². The SMILES string of the molecule is CC(C)c1c(-c2ccccc2)cc(-c2ccccc2)nc1-c1ccccc1. The number of pyridine rings is 1. The van der Waals surface area contributed by atoms with E-state index in [0.717, 1.165) is 22.5 Å². The van der Waals surface area contributed by atoms with E-state index in [-0.39, 0.29) is 0 Å². The summed E-state index contributed by atoms with van der Waals surface area (Å²) < 4.78 is 0. The average molecular weight is 349 g/mol. The lowest BCUT2D eigenvalue weighted by atomic mass is 9.88. The Morgan fingerprint density at radius 3 is 1.59 bits per heavy atom. The summed E-state index contributed by atoms with van der Waals surface area (Å²) in [6.07, 6.45) is 0. The quantitative estimate of drug-likeness (QED) is 0.379. The summed E-state index contributed by atoms with van der Waals surface area (Å²) in [4.78, 5) is 5.12. The van der Waals surface area contributed by atoms with E-state index in [9.17, 15) is 0 Å². The van der Waals surface area contributed by atoms with Crippen molar-refractivity contribution in [2.75, 3.05) is 0 Å². The van der Waals surface area contributed by atoms with E-state index in [1.54, 1.807) is 0 Å². The third-order valence-corrected chi connectivity index (χ3v) is 4.84. The third kappa shape index (κ3) is 3.54. The van der Waals surface area contributed by atoms with Gasteiger partial charge in [-0.2, -0.15) is 0 Å². The summed E-state index contributed by atoms with van der Waals surface area (Å²) in [6, 6.07) is 33.8. The van der Waals surface area contributed by atoms with Crippen molar-refractivity contribution in [2.24, 2.45) is 0 Å². The number of hydrogen-bond acceptors (Lipinski definition) is 1. The van der Waals surface area contributed by atoms with Crippen LogP contribution in [0, 0.1) is 0 Å². The molecule has 1 heteroatoms. The predicted molar refractivity (Wildman–Crippen MR) is 115 cm³/mol. The maximum absolute atomic E-state index is 5.12. The van der Waals surface area contributed by atoms with E-state index in [0.29, 0.717) is 5.92 Å². The molecular formula is C26H23N. The van der Waals surface area contributed by atoms with E-state index in [1.807, 2.05) is 6.07 Å². The Morgan fingerprint density at radius 1 is 0.593 bits per heavy atom. The monoisotopic (exact) mass is 349 g/mol. The number of nitrogens with zero attached hydrogens (tertiary/aromatic N) is 1. The highest BCUT2D eigenvalue weighted by Crippen LogP contribution is 2.38. The molecule has 4 rings (SSSR count). The second-order valence-corrected chi connectivity index (χ2v) is 7.07. The molecule has 0 saturated heterocycles. The molecule has 0 atom stereocenters. The molecule has 0 radical (unpaired) electrons. The normalized spacial score (nSPS) is 10.9. The van der Waals surface area contributed by atoms with E-state index < -0.39 is 0 Å². The molecule has 0 aliphatic carbocycles. The second kappa shape index (κ2) is 7.59. The van der Waals surface area contributed by atoms with Crippen molar-refractivity contribution in [1.29, 1.82) is 0 Å². The van der Waals surface area contributed by atoms with Gasteiger partial charge in [-0.25, -0.2) is 4.98 Å². The van der Waals surface area contributed by atoms with Gasteiger partial charge in [0.05, 0.1) is 11.4 Å². The van der Waals surface area contributed by atoms with E-state index >= 15 is 0 Å². The third-order valence-electron chi connectivity index (χ3n) is 4.84. The molecule has 0 saturated carbocycles. The molecule has 0 spiro atoms. The molecule has 4 aromatic rings. The Morgan fingerprint density at radius 2 is 1.07 bits per heavy atom. The van der Waals surface area contributed by atoms with Crippen LogP contribution in [0.25, 0.3) is 33.6 Å². The Kier molecular flexibility index (Phi) is 4.84. The van der Waals surface area contributed by atoms with Gasteiger partial charge < -0.3 is 0 Å². The Balaban J connectivity index is 2.05. The minimum absolute atomic E-state index is 0.368. The van der Waals surface area contributed by atoms with Crippen LogP contribution in [0.4, 0.5) is 0 Å². The highest BCUT2D eigenvalue weighted by molar-refractivity contribution is 5.81. The van der Waals surface area contributed by atoms with Gasteiger partial charge in [0.25, 0.3) is 0 Å². The second-order valence-electron chi connectivity index (χ2n) is 7.07. The topological polar surface area (TPSA) is 12.9 Å². The van der Waals surface area contributed by atoms with Crippen molar-refractivity contribution in [3.05, 3.63) is 103 Å². The highest BCUT2D eigenvalue weighted by atomic mass is 14.7. The van der Waals surface area contributed by atoms with Crippen LogP contribution in [0.1, 0.15) is 25.3 Å². The molecule has 0 N–H and O–H groups in total. The van der Waals surface area contributed by atoms with Crippen LogP contribution in [0.2, 0.25) is 0 Å². The van der Waals surface area contributed by atoms with Crippen molar-refractivity contribution >= 4 is 0 Å². The molecule has 0 unspecified atom stereocenters. The lowest BCUT2D eigenvalue weighted by molar-refractivity contribution is 0.864. The Hall–Kier alpha value is -3.19. The van der Waals surface area contributed by atoms with Gasteiger partial charge in [-0.15, -0.1) is 0 Å². The van der Waals surface area contributed by atoms with E-state index in [1.165, 1.54) is 16.7 Å². The molecule has 1 nitrogen and oxygen atoms in total. The minimum atomic E-state index is 0.368. The summed E-state index contributed by atoms with van der Waals surface area (Å²) in [5, 5.41) is 0. The zero-order valence-corrected chi connectivity index (χ0v) is 15.8. The van der Waals surface area contributed by atoms with Crippen molar-refractivity contribution in [2.45, 2.75) is 19.8 Å². The number of aromatic nitrogens is 1. The van der Waals surface area contributed by atoms with Gasteiger partial charge in [-0.1, -0.05) is 105 Å². The van der Waals surface area contributed by atoms with E-state index in [4.69, 9.17) is 4.98 Å². The maximum Gasteiger partial charge on any atom is 0.0750 e. The zero-order valence-electron chi connectivity index (χ0n) is 15.8. The van der Waals surface area contributed by atoms with Gasteiger partial charge in [0, 0.05) is 11.1 Å². The largest absolute Gasteiger partial charge is 0.247 e. The molecule has 1 heterocycles. The number of rotatable bonds is 4. The first kappa shape index (κ1) is 17.2. The summed E-state index contributed by atoms with van der Waals surface area (Å²) in [5.41, 5.74) is 8.19. The van der Waals surface area contributed by atoms with Crippen molar-refractivity contribution in [3.8, 4) is 33.6 Å². The van der Waals surface area contributed by atoms with Gasteiger partial charge in [0.15, 0.2) is 0 Å². The van der Waals surface area contributed by atoms with Crippen molar-refractivity contribution in [1.82, 2.24) is 4.98 Å². The van der Waals surface area contributed by atoms with Gasteiger partial charge in [-0.05, 0) is 28.7 Å². The molecule has 3 aromatic carbocycles. The molecule has 132 valence electrons. The van der Waals surface area contributed by atoms with Gasteiger partial charge >= 0.3 is 0 Å². The Bertz CT molecular complexity index is 959. The van der Waals surface area contributed by atoms with Crippen LogP contribution in [0.5, 0.6) is 0 Å². The first-order valence-electron chi connectivity index (χ1n) is 9.45. The fourth-order valence-corrected chi connectivity index (χ4v) is 3.57. The molecule has 0 aliphatic heterocycles. The lowest BCUT2D eigenvalue weighted by Crippen LogP contribution is -2.01. The van der Waals surface area contributed by atoms with Gasteiger partial charge in [-0.3, -0.25) is 0 Å². The van der Waals surface area contributed by atoms with Crippen molar-refractivity contribution < 1.29 is 0 Å². The fourth-order valence-electron chi connectivity index (χ4n) is 3.57. The first-order valence-corrected chi connectivity index (χ1v) is 9.45. The molecule has 0 amide bonds. The van der Waals surface area contributed by atoms with Crippen LogP contribution in [-0.2, 0) is 0 Å². The first-order chi connectivity index (χ1) is 13.2. The molecule has 0 bridgehead atoms. The van der Waals surface area contributed by atoms with Crippen LogP contribution in [0.3, 0.4) is 0 Å². The highest BCUT2D eigenvalue weighted by Gasteiger charge is 2.18. The van der Waals surface area contributed by atoms with Gasteiger partial charge in [0.2, 0.25) is 0 Å². The van der Waals surface area contributed by atoms with E-state index in [2.05, 4.69) is 105 Å². The molecular weight excluding hydrogens is 326 g/mol. The average Bonchev–Trinajstić information content (AvgIpc) is 2.74. The minimum Gasteiger partial charge on any atom is -0.247 e. The molecule has 1 aromatic heterocycles. The van der Waals surface area contributed by atoms with Crippen LogP contribution >= 0.6 is 0 Å². The van der Waals surface area contributed by atoms with Crippen LogP contribution < -0.4 is 0 Å².